The zero-order valence-corrected chi connectivity index (χ0v) is 45.5. The van der Waals surface area contributed by atoms with Gasteiger partial charge in [0, 0.05) is 20.8 Å². The van der Waals surface area contributed by atoms with Gasteiger partial charge < -0.3 is 30.1 Å². The van der Waals surface area contributed by atoms with Gasteiger partial charge >= 0.3 is 37.7 Å². The molecule has 0 spiro atoms. The predicted octanol–water partition coefficient (Wildman–Crippen LogP) is 11.5. The van der Waals surface area contributed by atoms with Crippen LogP contribution in [0, 0.1) is 0 Å². The number of rotatable bonds is 14. The number of hydrogen-bond donors (Lipinski definition) is 4. The van der Waals surface area contributed by atoms with Gasteiger partial charge in [-0.2, -0.15) is 21.9 Å². The number of hydrogen-bond acceptors (Lipinski definition) is 15. The molecule has 0 atom stereocenters. The largest absolute Gasteiger partial charge is 2.00 e. The summed E-state index contributed by atoms with van der Waals surface area (Å²) in [5.41, 5.74) is 0.838. The molecule has 0 fully saturated rings. The van der Waals surface area contributed by atoms with Crippen LogP contribution in [0.2, 0.25) is 10.0 Å². The number of carbonyl (C=O) groups excluding carboxylic acids is 1. The van der Waals surface area contributed by atoms with Gasteiger partial charge in [0.15, 0.2) is 5.75 Å². The van der Waals surface area contributed by atoms with E-state index in [2.05, 4.69) is 30.8 Å². The number of amides is 1. The van der Waals surface area contributed by atoms with Gasteiger partial charge in [-0.3, -0.25) is 18.9 Å². The average molecular weight is 1120 g/mol. The Balaban J connectivity index is 0.000000241. The number of nitrogens with zero attached hydrogens (tertiary/aromatic N) is 5. The molecule has 0 radical (unpaired) electrons. The molecule has 75 heavy (non-hydrogen) atoms. The number of carbonyl (C=O) groups is 1. The molecule has 0 aliphatic heterocycles. The molecule has 0 bridgehead atoms. The Hall–Kier alpha value is -6.72. The van der Waals surface area contributed by atoms with Gasteiger partial charge in [0.25, 0.3) is 26.1 Å². The molecule has 0 aromatic heterocycles. The second-order valence-electron chi connectivity index (χ2n) is 15.8. The fourth-order valence-corrected chi connectivity index (χ4v) is 9.47. The van der Waals surface area contributed by atoms with Crippen LogP contribution in [0.5, 0.6) is 23.0 Å². The number of halogens is 2. The Morgan fingerprint density at radius 3 is 1.59 bits per heavy atom. The van der Waals surface area contributed by atoms with Crippen molar-refractivity contribution in [3.05, 3.63) is 166 Å². The molecule has 1 amide bonds. The molecule has 8 aromatic carbocycles. The molecule has 0 heterocycles. The van der Waals surface area contributed by atoms with Crippen molar-refractivity contribution in [2.45, 2.75) is 36.5 Å². The fourth-order valence-electron chi connectivity index (χ4n) is 7.48. The van der Waals surface area contributed by atoms with E-state index in [1.54, 1.807) is 104 Å². The maximum absolute atomic E-state index is 13.4. The summed E-state index contributed by atoms with van der Waals surface area (Å²) in [4.78, 5) is 16.1. The van der Waals surface area contributed by atoms with Gasteiger partial charge in [-0.1, -0.05) is 116 Å². The zero-order chi connectivity index (χ0) is 53.5. The van der Waals surface area contributed by atoms with Crippen LogP contribution in [-0.2, 0) is 33.1 Å². The third-order valence-electron chi connectivity index (χ3n) is 11.2. The fraction of sp³-hybridized carbons (Fsp3) is 0.115. The minimum atomic E-state index is -4.70. The number of methoxy groups -OCH3 is 2. The first kappa shape index (κ1) is 57.6. The Morgan fingerprint density at radius 1 is 0.613 bits per heavy atom. The molecule has 0 saturated heterocycles. The number of aryl methyl sites for hydroxylation is 2. The summed E-state index contributed by atoms with van der Waals surface area (Å²) >= 11 is 12.2. The van der Waals surface area contributed by atoms with E-state index in [4.69, 9.17) is 32.7 Å². The van der Waals surface area contributed by atoms with Crippen molar-refractivity contribution in [1.29, 1.82) is 0 Å². The van der Waals surface area contributed by atoms with E-state index in [0.29, 0.717) is 62.7 Å². The maximum atomic E-state index is 13.4. The van der Waals surface area contributed by atoms with E-state index in [1.807, 2.05) is 6.92 Å². The number of benzene rings is 8. The normalized spacial score (nSPS) is 11.9. The SMILES string of the molecule is CCc1cc(N=Nc2c(O)c(C(=O)Nc3ccccc3OC)cc3ccccc23)c(S(=O)(=O)O)cc1Cl.CCc1cc(N=Nc2c([O-])c(C([O-])=Nc3ccccc3OC)cc3ccccc23)c(S(=O)(=O)O)cc1Cl.[Ca+2]. The molecule has 0 aliphatic rings. The molecule has 0 aliphatic carbocycles. The number of phenolic OH excluding ortho intramolecular Hbond substituents is 1. The van der Waals surface area contributed by atoms with Crippen LogP contribution in [-0.4, -0.2) is 94.8 Å². The van der Waals surface area contributed by atoms with Gasteiger partial charge in [-0.15, -0.1) is 15.3 Å². The maximum Gasteiger partial charge on any atom is 2.00 e. The minimum absolute atomic E-state index is 0. The van der Waals surface area contributed by atoms with E-state index in [9.17, 15) is 46.1 Å². The number of fused-ring (bicyclic) bond motifs is 2. The number of anilines is 1. The van der Waals surface area contributed by atoms with Crippen LogP contribution in [0.3, 0.4) is 0 Å². The number of aromatic hydroxyl groups is 1. The van der Waals surface area contributed by atoms with Crippen LogP contribution in [0.15, 0.2) is 169 Å². The number of phenols is 1. The molecule has 380 valence electrons. The van der Waals surface area contributed by atoms with Crippen molar-refractivity contribution in [2.24, 2.45) is 25.4 Å². The number of ether oxygens (including phenoxy) is 2. The van der Waals surface area contributed by atoms with Gasteiger partial charge in [-0.05, 0) is 107 Å². The molecular formula is C52H42CaCl2N6O12S2. The molecule has 4 N–H and O–H groups in total. The number of aliphatic imine (C=N–C) groups is 1. The third kappa shape index (κ3) is 13.2. The smallest absolute Gasteiger partial charge is 0.871 e. The van der Waals surface area contributed by atoms with Gasteiger partial charge in [0.1, 0.15) is 44.0 Å². The second-order valence-corrected chi connectivity index (χ2v) is 19.4. The molecule has 0 unspecified atom stereocenters. The Morgan fingerprint density at radius 2 is 1.07 bits per heavy atom. The van der Waals surface area contributed by atoms with Gasteiger partial charge in [0.05, 0.1) is 31.2 Å². The molecule has 8 rings (SSSR count). The van der Waals surface area contributed by atoms with E-state index in [-0.39, 0.29) is 87.3 Å². The van der Waals surface area contributed by atoms with Crippen molar-refractivity contribution in [2.75, 3.05) is 19.5 Å². The molecule has 23 heteroatoms. The van der Waals surface area contributed by atoms with Crippen LogP contribution < -0.4 is 25.0 Å². The zero-order valence-electron chi connectivity index (χ0n) is 40.1. The van der Waals surface area contributed by atoms with E-state index in [1.165, 1.54) is 38.5 Å². The first-order valence-electron chi connectivity index (χ1n) is 22.0. The Bertz CT molecular complexity index is 3830. The first-order valence-corrected chi connectivity index (χ1v) is 25.7. The predicted molar refractivity (Wildman–Crippen MR) is 285 cm³/mol. The van der Waals surface area contributed by atoms with E-state index >= 15 is 0 Å². The number of azo groups is 2. The van der Waals surface area contributed by atoms with E-state index in [0.717, 1.165) is 12.1 Å². The molecule has 8 aromatic rings. The van der Waals surface area contributed by atoms with Crippen LogP contribution in [0.1, 0.15) is 40.9 Å². The topological polar surface area (TPSA) is 284 Å². The van der Waals surface area contributed by atoms with Crippen molar-refractivity contribution >= 4 is 149 Å². The van der Waals surface area contributed by atoms with Gasteiger partial charge in [0.2, 0.25) is 0 Å². The van der Waals surface area contributed by atoms with Crippen LogP contribution in [0.4, 0.5) is 34.1 Å². The summed E-state index contributed by atoms with van der Waals surface area (Å²) < 4.78 is 77.6. The molecule has 0 saturated carbocycles. The number of nitrogens with one attached hydrogen (secondary N) is 1. The Labute approximate surface area is 470 Å². The molecule has 18 nitrogen and oxygen atoms in total. The van der Waals surface area contributed by atoms with Crippen molar-refractivity contribution < 1.29 is 55.5 Å². The van der Waals surface area contributed by atoms with Crippen molar-refractivity contribution in [3.8, 4) is 23.0 Å². The van der Waals surface area contributed by atoms with Crippen molar-refractivity contribution in [1.82, 2.24) is 0 Å². The second kappa shape index (κ2) is 24.7. The average Bonchev–Trinajstić information content (AvgIpc) is 3.38. The first-order chi connectivity index (χ1) is 35.3. The molecular weight excluding hydrogens is 1080 g/mol. The summed E-state index contributed by atoms with van der Waals surface area (Å²) in [7, 11) is -6.47. The standard InChI is InChI=1S/2C26H22ClN3O6S.Ca/c2*1-3-15-13-21(23(14-19(15)27)37(33,34)35)29-30-24-17-9-5-4-8-16(17)12-18(25(24)31)26(32)28-20-10-6-7-11-22(20)36-2;/h2*4-14,31H,3H2,1-2H3,(H,28,32)(H,33,34,35);/q;;+2/p-2. The summed E-state index contributed by atoms with van der Waals surface area (Å²) in [6.07, 6.45) is 0.928. The Kier molecular flexibility index (Phi) is 19.0. The van der Waals surface area contributed by atoms with Crippen LogP contribution >= 0.6 is 23.2 Å². The summed E-state index contributed by atoms with van der Waals surface area (Å²) in [6.45, 7) is 3.62. The summed E-state index contributed by atoms with van der Waals surface area (Å²) in [6, 6.07) is 34.9. The van der Waals surface area contributed by atoms with Crippen molar-refractivity contribution in [3.63, 3.8) is 0 Å². The third-order valence-corrected chi connectivity index (χ3v) is 13.7. The van der Waals surface area contributed by atoms with Crippen LogP contribution in [0.25, 0.3) is 21.5 Å². The minimum Gasteiger partial charge on any atom is -0.871 e. The number of para-hydroxylation sites is 4. The summed E-state index contributed by atoms with van der Waals surface area (Å²) in [5, 5.41) is 58.7. The quantitative estimate of drug-likeness (QED) is 0.0260. The monoisotopic (exact) mass is 1120 g/mol. The van der Waals surface area contributed by atoms with E-state index < -0.39 is 53.3 Å². The van der Waals surface area contributed by atoms with Gasteiger partial charge in [-0.25, -0.2) is 0 Å². The summed E-state index contributed by atoms with van der Waals surface area (Å²) in [5.74, 6) is -1.85.